The maximum absolute atomic E-state index is 11.9. The number of nitrogens with one attached hydrogen (secondary N) is 1. The fraction of sp³-hybridized carbons (Fsp3) is 0.357. The maximum Gasteiger partial charge on any atom is 0.220 e. The van der Waals surface area contributed by atoms with Gasteiger partial charge < -0.3 is 15.6 Å². The third-order valence-electron chi connectivity index (χ3n) is 3.13. The Morgan fingerprint density at radius 3 is 2.70 bits per heavy atom. The van der Waals surface area contributed by atoms with Crippen LogP contribution in [0.25, 0.3) is 0 Å². The topological polar surface area (TPSA) is 85.8 Å². The van der Waals surface area contributed by atoms with E-state index in [0.717, 1.165) is 17.1 Å². The molecule has 1 aromatic carbocycles. The van der Waals surface area contributed by atoms with Gasteiger partial charge in [-0.15, -0.1) is 10.2 Å². The van der Waals surface area contributed by atoms with Gasteiger partial charge in [0.05, 0.1) is 6.04 Å². The van der Waals surface area contributed by atoms with Crippen LogP contribution in [0.5, 0.6) is 0 Å². The van der Waals surface area contributed by atoms with Gasteiger partial charge in [0.2, 0.25) is 5.91 Å². The van der Waals surface area contributed by atoms with Crippen LogP contribution in [-0.2, 0) is 18.3 Å². The van der Waals surface area contributed by atoms with Gasteiger partial charge in [-0.25, -0.2) is 0 Å². The number of rotatable bonds is 5. The van der Waals surface area contributed by atoms with Crippen molar-refractivity contribution in [1.29, 1.82) is 0 Å². The number of nitrogens with two attached hydrogens (primary N) is 1. The fourth-order valence-corrected chi connectivity index (χ4v) is 2.00. The zero-order valence-corrected chi connectivity index (χ0v) is 11.7. The number of amides is 1. The Kier molecular flexibility index (Phi) is 4.34. The summed E-state index contributed by atoms with van der Waals surface area (Å²) in [7, 11) is 1.85. The molecular formula is C14H19N5O. The highest BCUT2D eigenvalue weighted by Crippen LogP contribution is 2.10. The number of carbonyl (C=O) groups excluding carboxylic acids is 1. The number of benzene rings is 1. The molecule has 0 bridgehead atoms. The first-order valence-corrected chi connectivity index (χ1v) is 6.54. The summed E-state index contributed by atoms with van der Waals surface area (Å²) in [5.41, 5.74) is 7.45. The van der Waals surface area contributed by atoms with E-state index in [-0.39, 0.29) is 11.9 Å². The van der Waals surface area contributed by atoms with Crippen molar-refractivity contribution in [3.63, 3.8) is 0 Å². The second kappa shape index (κ2) is 6.18. The van der Waals surface area contributed by atoms with Crippen LogP contribution in [0.4, 0.5) is 5.69 Å². The molecule has 0 saturated heterocycles. The van der Waals surface area contributed by atoms with E-state index in [1.165, 1.54) is 0 Å². The Morgan fingerprint density at radius 1 is 1.40 bits per heavy atom. The van der Waals surface area contributed by atoms with Crippen molar-refractivity contribution in [3.8, 4) is 0 Å². The number of carbonyl (C=O) groups is 1. The smallest absolute Gasteiger partial charge is 0.220 e. The van der Waals surface area contributed by atoms with E-state index in [1.807, 2.05) is 38.2 Å². The first-order valence-electron chi connectivity index (χ1n) is 6.54. The molecule has 1 aromatic heterocycles. The second-order valence-corrected chi connectivity index (χ2v) is 4.83. The van der Waals surface area contributed by atoms with Gasteiger partial charge in [-0.2, -0.15) is 0 Å². The summed E-state index contributed by atoms with van der Waals surface area (Å²) in [5, 5.41) is 10.7. The first-order chi connectivity index (χ1) is 9.56. The molecule has 0 radical (unpaired) electrons. The van der Waals surface area contributed by atoms with E-state index in [4.69, 9.17) is 5.73 Å². The molecule has 1 amide bonds. The van der Waals surface area contributed by atoms with Gasteiger partial charge in [-0.05, 0) is 31.0 Å². The van der Waals surface area contributed by atoms with Crippen LogP contribution < -0.4 is 11.1 Å². The van der Waals surface area contributed by atoms with Crippen LogP contribution in [0, 0.1) is 0 Å². The molecule has 106 valence electrons. The number of aromatic nitrogens is 3. The molecule has 2 aromatic rings. The molecule has 2 rings (SSSR count). The summed E-state index contributed by atoms with van der Waals surface area (Å²) >= 11 is 0. The fourth-order valence-electron chi connectivity index (χ4n) is 2.00. The van der Waals surface area contributed by atoms with Crippen molar-refractivity contribution >= 4 is 11.6 Å². The molecular weight excluding hydrogens is 254 g/mol. The summed E-state index contributed by atoms with van der Waals surface area (Å²) in [6.07, 6.45) is 2.75. The Bertz CT molecular complexity index is 576. The molecule has 6 nitrogen and oxygen atoms in total. The monoisotopic (exact) mass is 273 g/mol. The van der Waals surface area contributed by atoms with Gasteiger partial charge in [-0.1, -0.05) is 12.1 Å². The van der Waals surface area contributed by atoms with E-state index < -0.39 is 0 Å². The van der Waals surface area contributed by atoms with Crippen LogP contribution in [0.3, 0.4) is 0 Å². The minimum atomic E-state index is -0.151. The number of hydrogen-bond acceptors (Lipinski definition) is 4. The largest absolute Gasteiger partial charge is 0.399 e. The first kappa shape index (κ1) is 14.0. The van der Waals surface area contributed by atoms with Crippen molar-refractivity contribution in [2.75, 3.05) is 5.73 Å². The van der Waals surface area contributed by atoms with Crippen molar-refractivity contribution in [1.82, 2.24) is 20.1 Å². The SMILES string of the molecule is CC(NC(=O)CCc1ccc(N)cc1)c1nncn1C. The van der Waals surface area contributed by atoms with Crippen LogP contribution in [0.2, 0.25) is 0 Å². The summed E-state index contributed by atoms with van der Waals surface area (Å²) < 4.78 is 1.80. The van der Waals surface area contributed by atoms with Crippen molar-refractivity contribution < 1.29 is 4.79 Å². The van der Waals surface area contributed by atoms with E-state index in [0.29, 0.717) is 12.8 Å². The molecule has 3 N–H and O–H groups in total. The molecule has 1 atom stereocenters. The Balaban J connectivity index is 1.84. The summed E-state index contributed by atoms with van der Waals surface area (Å²) in [6, 6.07) is 7.41. The van der Waals surface area contributed by atoms with E-state index in [2.05, 4.69) is 15.5 Å². The highest BCUT2D eigenvalue weighted by atomic mass is 16.1. The van der Waals surface area contributed by atoms with E-state index in [9.17, 15) is 4.79 Å². The highest BCUT2D eigenvalue weighted by molar-refractivity contribution is 5.76. The van der Waals surface area contributed by atoms with E-state index in [1.54, 1.807) is 10.9 Å². The molecule has 0 spiro atoms. The van der Waals surface area contributed by atoms with Crippen LogP contribution in [0.1, 0.15) is 30.8 Å². The summed E-state index contributed by atoms with van der Waals surface area (Å²) in [4.78, 5) is 11.9. The molecule has 0 saturated carbocycles. The zero-order valence-electron chi connectivity index (χ0n) is 11.7. The van der Waals surface area contributed by atoms with Gasteiger partial charge in [0.15, 0.2) is 5.82 Å². The molecule has 1 unspecified atom stereocenters. The molecule has 0 aliphatic heterocycles. The number of nitrogens with zero attached hydrogens (tertiary/aromatic N) is 3. The lowest BCUT2D eigenvalue weighted by atomic mass is 10.1. The molecule has 0 fully saturated rings. The quantitative estimate of drug-likeness (QED) is 0.802. The summed E-state index contributed by atoms with van der Waals surface area (Å²) in [6.45, 7) is 1.89. The average molecular weight is 273 g/mol. The number of anilines is 1. The molecule has 0 aliphatic carbocycles. The molecule has 0 aliphatic rings. The third-order valence-corrected chi connectivity index (χ3v) is 3.13. The van der Waals surface area contributed by atoms with Crippen LogP contribution in [0.15, 0.2) is 30.6 Å². The van der Waals surface area contributed by atoms with Gasteiger partial charge in [0.1, 0.15) is 6.33 Å². The molecule has 20 heavy (non-hydrogen) atoms. The molecule has 1 heterocycles. The van der Waals surface area contributed by atoms with Gasteiger partial charge >= 0.3 is 0 Å². The lowest BCUT2D eigenvalue weighted by Crippen LogP contribution is -2.28. The highest BCUT2D eigenvalue weighted by Gasteiger charge is 2.13. The minimum Gasteiger partial charge on any atom is -0.399 e. The normalized spacial score (nSPS) is 12.1. The van der Waals surface area contributed by atoms with Gasteiger partial charge in [0.25, 0.3) is 0 Å². The standard InChI is InChI=1S/C14H19N5O/c1-10(14-18-16-9-19(14)2)17-13(20)8-5-11-3-6-12(15)7-4-11/h3-4,6-7,9-10H,5,8,15H2,1-2H3,(H,17,20). The van der Waals surface area contributed by atoms with Crippen molar-refractivity contribution in [3.05, 3.63) is 42.0 Å². The van der Waals surface area contributed by atoms with Crippen molar-refractivity contribution in [2.45, 2.75) is 25.8 Å². The Hall–Kier alpha value is -2.37. The van der Waals surface area contributed by atoms with Crippen LogP contribution >= 0.6 is 0 Å². The lowest BCUT2D eigenvalue weighted by molar-refractivity contribution is -0.121. The average Bonchev–Trinajstić information content (AvgIpc) is 2.84. The number of nitrogen functional groups attached to an aromatic ring is 1. The second-order valence-electron chi connectivity index (χ2n) is 4.83. The Labute approximate surface area is 118 Å². The predicted molar refractivity (Wildman–Crippen MR) is 76.7 cm³/mol. The van der Waals surface area contributed by atoms with E-state index >= 15 is 0 Å². The third kappa shape index (κ3) is 3.57. The van der Waals surface area contributed by atoms with Crippen molar-refractivity contribution in [2.24, 2.45) is 7.05 Å². The lowest BCUT2D eigenvalue weighted by Gasteiger charge is -2.12. The van der Waals surface area contributed by atoms with Gasteiger partial charge in [0, 0.05) is 19.2 Å². The maximum atomic E-state index is 11.9. The van der Waals surface area contributed by atoms with Crippen LogP contribution in [-0.4, -0.2) is 20.7 Å². The predicted octanol–water partition coefficient (Wildman–Crippen LogP) is 1.21. The molecule has 6 heteroatoms. The minimum absolute atomic E-state index is 0.00248. The summed E-state index contributed by atoms with van der Waals surface area (Å²) in [5.74, 6) is 0.739. The Morgan fingerprint density at radius 2 is 2.10 bits per heavy atom. The number of aryl methyl sites for hydroxylation is 2. The number of hydrogen-bond donors (Lipinski definition) is 2. The van der Waals surface area contributed by atoms with Gasteiger partial charge in [-0.3, -0.25) is 4.79 Å². The zero-order chi connectivity index (χ0) is 14.5.